The summed E-state index contributed by atoms with van der Waals surface area (Å²) >= 11 is 0. The summed E-state index contributed by atoms with van der Waals surface area (Å²) in [5.74, 6) is 0.289. The number of aliphatic hydroxyl groups is 1. The topological polar surface area (TPSA) is 109 Å². The van der Waals surface area contributed by atoms with E-state index in [9.17, 15) is 14.4 Å². The molecule has 0 radical (unpaired) electrons. The van der Waals surface area contributed by atoms with Gasteiger partial charge in [-0.3, -0.25) is 9.59 Å². The molecular formula is C24H30N2O6. The van der Waals surface area contributed by atoms with E-state index < -0.39 is 0 Å². The van der Waals surface area contributed by atoms with E-state index in [1.165, 1.54) is 0 Å². The normalized spacial score (nSPS) is 16.2. The first-order chi connectivity index (χ1) is 15.5. The van der Waals surface area contributed by atoms with Crippen LogP contribution in [0.3, 0.4) is 0 Å². The second kappa shape index (κ2) is 9.73. The SMILES string of the molecule is Cc1c(OCC(=O)N2CCC(C(=O)NCCCO)CC2)ccc2c3c(c(=O)oc12)CCC3. The number of amides is 2. The number of carbonyl (C=O) groups is 2. The molecule has 4 rings (SSSR count). The quantitative estimate of drug-likeness (QED) is 0.499. The molecule has 2 aliphatic rings. The Labute approximate surface area is 186 Å². The third-order valence-electron chi connectivity index (χ3n) is 6.54. The summed E-state index contributed by atoms with van der Waals surface area (Å²) in [6, 6.07) is 3.75. The van der Waals surface area contributed by atoms with Gasteiger partial charge >= 0.3 is 5.63 Å². The van der Waals surface area contributed by atoms with Crippen molar-refractivity contribution in [2.75, 3.05) is 32.8 Å². The summed E-state index contributed by atoms with van der Waals surface area (Å²) in [6.07, 6.45) is 4.38. The second-order valence-corrected chi connectivity index (χ2v) is 8.58. The highest BCUT2D eigenvalue weighted by molar-refractivity contribution is 5.86. The fourth-order valence-corrected chi connectivity index (χ4v) is 4.68. The lowest BCUT2D eigenvalue weighted by Gasteiger charge is -2.31. The average molecular weight is 443 g/mol. The van der Waals surface area contributed by atoms with Gasteiger partial charge in [0.05, 0.1) is 0 Å². The van der Waals surface area contributed by atoms with Gasteiger partial charge in [0.15, 0.2) is 6.61 Å². The zero-order valence-corrected chi connectivity index (χ0v) is 18.4. The molecule has 0 spiro atoms. The first-order valence-electron chi connectivity index (χ1n) is 11.4. The molecule has 1 aromatic heterocycles. The number of rotatable bonds is 7. The van der Waals surface area contributed by atoms with Gasteiger partial charge in [-0.2, -0.15) is 0 Å². The van der Waals surface area contributed by atoms with E-state index in [0.29, 0.717) is 50.2 Å². The number of aryl methyl sites for hydroxylation is 2. The number of hydrogen-bond acceptors (Lipinski definition) is 6. The van der Waals surface area contributed by atoms with Crippen molar-refractivity contribution in [3.05, 3.63) is 39.2 Å². The molecule has 172 valence electrons. The smallest absolute Gasteiger partial charge is 0.339 e. The number of benzene rings is 1. The summed E-state index contributed by atoms with van der Waals surface area (Å²) in [5, 5.41) is 12.6. The van der Waals surface area contributed by atoms with E-state index in [-0.39, 0.29) is 36.6 Å². The Morgan fingerprint density at radius 2 is 1.97 bits per heavy atom. The molecule has 1 aliphatic carbocycles. The van der Waals surface area contributed by atoms with E-state index in [0.717, 1.165) is 41.3 Å². The molecular weight excluding hydrogens is 412 g/mol. The third-order valence-corrected chi connectivity index (χ3v) is 6.54. The zero-order valence-electron chi connectivity index (χ0n) is 18.4. The molecule has 2 heterocycles. The minimum absolute atomic E-state index is 0.0124. The minimum Gasteiger partial charge on any atom is -0.483 e. The maximum absolute atomic E-state index is 12.6. The van der Waals surface area contributed by atoms with E-state index in [1.54, 1.807) is 4.90 Å². The Kier molecular flexibility index (Phi) is 6.79. The Morgan fingerprint density at radius 1 is 1.22 bits per heavy atom. The number of carbonyl (C=O) groups excluding carboxylic acids is 2. The number of fused-ring (bicyclic) bond motifs is 3. The predicted molar refractivity (Wildman–Crippen MR) is 119 cm³/mol. The van der Waals surface area contributed by atoms with Crippen LogP contribution in [0.5, 0.6) is 5.75 Å². The van der Waals surface area contributed by atoms with Crippen LogP contribution in [0.2, 0.25) is 0 Å². The van der Waals surface area contributed by atoms with E-state index in [1.807, 2.05) is 19.1 Å². The van der Waals surface area contributed by atoms with Gasteiger partial charge in [-0.05, 0) is 63.1 Å². The standard InChI is InChI=1S/C24H30N2O6/c1-15-20(7-6-18-17-4-2-5-19(17)24(30)32-22(15)18)31-14-21(28)26-11-8-16(9-12-26)23(29)25-10-3-13-27/h6-7,16,27H,2-5,8-14H2,1H3,(H,25,29). The lowest BCUT2D eigenvalue weighted by atomic mass is 9.96. The van der Waals surface area contributed by atoms with Crippen molar-refractivity contribution in [3.63, 3.8) is 0 Å². The summed E-state index contributed by atoms with van der Waals surface area (Å²) in [6.45, 7) is 3.28. The molecule has 2 aromatic rings. The molecule has 0 unspecified atom stereocenters. The van der Waals surface area contributed by atoms with Gasteiger partial charge < -0.3 is 24.5 Å². The van der Waals surface area contributed by atoms with Crippen LogP contribution in [-0.2, 0) is 22.4 Å². The fraction of sp³-hybridized carbons (Fsp3) is 0.542. The molecule has 1 saturated heterocycles. The van der Waals surface area contributed by atoms with Crippen LogP contribution in [0.15, 0.2) is 21.3 Å². The Morgan fingerprint density at radius 3 is 2.72 bits per heavy atom. The first kappa shape index (κ1) is 22.3. The highest BCUT2D eigenvalue weighted by Crippen LogP contribution is 2.33. The zero-order chi connectivity index (χ0) is 22.7. The van der Waals surface area contributed by atoms with Gasteiger partial charge in [-0.25, -0.2) is 4.79 Å². The highest BCUT2D eigenvalue weighted by atomic mass is 16.5. The maximum Gasteiger partial charge on any atom is 0.339 e. The number of nitrogens with one attached hydrogen (secondary N) is 1. The van der Waals surface area contributed by atoms with Gasteiger partial charge in [-0.1, -0.05) is 0 Å². The van der Waals surface area contributed by atoms with E-state index >= 15 is 0 Å². The summed E-state index contributed by atoms with van der Waals surface area (Å²) in [7, 11) is 0. The van der Waals surface area contributed by atoms with Crippen molar-refractivity contribution >= 4 is 22.8 Å². The number of likely N-dealkylation sites (tertiary alicyclic amines) is 1. The molecule has 1 aliphatic heterocycles. The maximum atomic E-state index is 12.6. The van der Waals surface area contributed by atoms with Crippen molar-refractivity contribution in [1.29, 1.82) is 0 Å². The number of nitrogens with zero attached hydrogens (tertiary/aromatic N) is 1. The van der Waals surface area contributed by atoms with E-state index in [2.05, 4.69) is 5.32 Å². The summed E-state index contributed by atoms with van der Waals surface area (Å²) in [5.41, 5.74) is 2.84. The molecule has 8 nitrogen and oxygen atoms in total. The average Bonchev–Trinajstić information content (AvgIpc) is 3.30. The van der Waals surface area contributed by atoms with Gasteiger partial charge in [-0.15, -0.1) is 0 Å². The molecule has 0 bridgehead atoms. The largest absolute Gasteiger partial charge is 0.483 e. The number of piperidine rings is 1. The Hall–Kier alpha value is -2.87. The molecule has 32 heavy (non-hydrogen) atoms. The second-order valence-electron chi connectivity index (χ2n) is 8.58. The molecule has 2 amide bonds. The van der Waals surface area contributed by atoms with Crippen molar-refractivity contribution in [3.8, 4) is 5.75 Å². The van der Waals surface area contributed by atoms with E-state index in [4.69, 9.17) is 14.3 Å². The van der Waals surface area contributed by atoms with Crippen molar-refractivity contribution < 1.29 is 23.8 Å². The Balaban J connectivity index is 1.35. The molecule has 0 atom stereocenters. The van der Waals surface area contributed by atoms with Crippen LogP contribution in [0.4, 0.5) is 0 Å². The van der Waals surface area contributed by atoms with Crippen LogP contribution in [-0.4, -0.2) is 54.7 Å². The van der Waals surface area contributed by atoms with Gasteiger partial charge in [0.2, 0.25) is 5.91 Å². The van der Waals surface area contributed by atoms with Crippen molar-refractivity contribution in [2.24, 2.45) is 5.92 Å². The number of hydrogen-bond donors (Lipinski definition) is 2. The number of ether oxygens (including phenoxy) is 1. The van der Waals surface area contributed by atoms with Crippen LogP contribution in [0, 0.1) is 12.8 Å². The summed E-state index contributed by atoms with van der Waals surface area (Å²) in [4.78, 5) is 38.8. The predicted octanol–water partition coefficient (Wildman–Crippen LogP) is 1.71. The van der Waals surface area contributed by atoms with Crippen LogP contribution in [0.1, 0.15) is 42.4 Å². The third kappa shape index (κ3) is 4.50. The lowest BCUT2D eigenvalue weighted by molar-refractivity contribution is -0.137. The van der Waals surface area contributed by atoms with Gasteiger partial charge in [0, 0.05) is 48.7 Å². The van der Waals surface area contributed by atoms with Crippen molar-refractivity contribution in [2.45, 2.75) is 45.4 Å². The monoisotopic (exact) mass is 442 g/mol. The lowest BCUT2D eigenvalue weighted by Crippen LogP contribution is -2.44. The van der Waals surface area contributed by atoms with Crippen molar-refractivity contribution in [1.82, 2.24) is 10.2 Å². The van der Waals surface area contributed by atoms with Crippen LogP contribution < -0.4 is 15.7 Å². The first-order valence-corrected chi connectivity index (χ1v) is 11.4. The van der Waals surface area contributed by atoms with Crippen LogP contribution >= 0.6 is 0 Å². The molecule has 1 aromatic carbocycles. The summed E-state index contributed by atoms with van der Waals surface area (Å²) < 4.78 is 11.4. The van der Waals surface area contributed by atoms with Gasteiger partial charge in [0.25, 0.3) is 5.91 Å². The molecule has 0 saturated carbocycles. The highest BCUT2D eigenvalue weighted by Gasteiger charge is 2.27. The Bertz CT molecular complexity index is 1070. The molecule has 1 fully saturated rings. The number of aliphatic hydroxyl groups excluding tert-OH is 1. The molecule has 2 N–H and O–H groups in total. The fourth-order valence-electron chi connectivity index (χ4n) is 4.68. The van der Waals surface area contributed by atoms with Crippen LogP contribution in [0.25, 0.3) is 11.0 Å². The minimum atomic E-state index is -0.274. The van der Waals surface area contributed by atoms with Gasteiger partial charge in [0.1, 0.15) is 11.3 Å². The molecule has 8 heteroatoms.